The molecule has 0 aromatic heterocycles. The first-order valence-corrected chi connectivity index (χ1v) is 7.51. The molecular weight excluding hydrogens is 319 g/mol. The van der Waals surface area contributed by atoms with Crippen molar-refractivity contribution in [2.75, 3.05) is 0 Å². The van der Waals surface area contributed by atoms with Crippen molar-refractivity contribution in [3.05, 3.63) is 72.3 Å². The number of rotatable bonds is 1. The predicted molar refractivity (Wildman–Crippen MR) is 95.3 cm³/mol. The third kappa shape index (κ3) is 26.8. The van der Waals surface area contributed by atoms with Crippen molar-refractivity contribution >= 4 is 33.7 Å². The van der Waals surface area contributed by atoms with Gasteiger partial charge in [-0.15, -0.1) is 0 Å². The summed E-state index contributed by atoms with van der Waals surface area (Å²) in [6, 6.07) is 22.5. The van der Waals surface area contributed by atoms with Gasteiger partial charge in [-0.2, -0.15) is 0 Å². The summed E-state index contributed by atoms with van der Waals surface area (Å²) in [5.41, 5.74) is 1.41. The summed E-state index contributed by atoms with van der Waals surface area (Å²) >= 11 is 9.27. The Kier molecular flexibility index (Phi) is 17.9. The quantitative estimate of drug-likeness (QED) is 0.644. The van der Waals surface area contributed by atoms with Crippen molar-refractivity contribution in [1.82, 2.24) is 0 Å². The van der Waals surface area contributed by atoms with Gasteiger partial charge in [-0.3, -0.25) is 9.59 Å². The molecule has 0 aliphatic carbocycles. The van der Waals surface area contributed by atoms with Crippen molar-refractivity contribution in [2.24, 2.45) is 0 Å². The Labute approximate surface area is 143 Å². The summed E-state index contributed by atoms with van der Waals surface area (Å²) in [5, 5.41) is -0.722. The second-order valence-corrected chi connectivity index (χ2v) is 5.00. The number of hydrogen-bond acceptors (Lipinski definition) is 2. The van der Waals surface area contributed by atoms with Gasteiger partial charge in [-0.25, -0.2) is 0 Å². The predicted octanol–water partition coefficient (Wildman–Crippen LogP) is 5.48. The minimum absolute atomic E-state index is 0.361. The van der Waals surface area contributed by atoms with Crippen LogP contribution in [0.25, 0.3) is 0 Å². The fourth-order valence-electron chi connectivity index (χ4n) is 1.10. The molecule has 0 spiro atoms. The second kappa shape index (κ2) is 17.4. The van der Waals surface area contributed by atoms with Crippen LogP contribution in [0.2, 0.25) is 0 Å². The minimum atomic E-state index is -0.361. The second-order valence-electron chi connectivity index (χ2n) is 3.93. The number of carbonyl (C=O) groups excluding carboxylic acids is 2. The van der Waals surface area contributed by atoms with E-state index in [1.165, 1.54) is 19.4 Å². The first kappa shape index (κ1) is 22.6. The zero-order valence-corrected chi connectivity index (χ0v) is 14.6. The van der Waals surface area contributed by atoms with Crippen molar-refractivity contribution in [3.8, 4) is 0 Å². The van der Waals surface area contributed by atoms with Gasteiger partial charge in [0.1, 0.15) is 0 Å². The molecule has 0 unspecified atom stereocenters. The van der Waals surface area contributed by atoms with E-state index in [0.717, 1.165) is 6.42 Å². The van der Waals surface area contributed by atoms with E-state index in [1.54, 1.807) is 0 Å². The molecule has 2 aromatic carbocycles. The molecule has 0 N–H and O–H groups in total. The van der Waals surface area contributed by atoms with Crippen LogP contribution >= 0.6 is 23.2 Å². The van der Waals surface area contributed by atoms with Crippen LogP contribution in [0.1, 0.15) is 26.3 Å². The van der Waals surface area contributed by atoms with Crippen LogP contribution in [-0.2, 0) is 16.0 Å². The summed E-state index contributed by atoms with van der Waals surface area (Å²) in [4.78, 5) is 18.4. The van der Waals surface area contributed by atoms with Gasteiger partial charge < -0.3 is 0 Å². The average molecular weight is 341 g/mol. The fraction of sp³-hybridized carbons (Fsp3) is 0.222. The Morgan fingerprint density at radius 3 is 1.14 bits per heavy atom. The highest BCUT2D eigenvalue weighted by Crippen LogP contribution is 1.96. The Morgan fingerprint density at radius 1 is 0.727 bits per heavy atom. The van der Waals surface area contributed by atoms with Crippen molar-refractivity contribution < 1.29 is 9.59 Å². The third-order valence-electron chi connectivity index (χ3n) is 1.92. The third-order valence-corrected chi connectivity index (χ3v) is 1.92. The normalized spacial score (nSPS) is 7.86. The van der Waals surface area contributed by atoms with E-state index in [9.17, 15) is 9.59 Å². The SMILES string of the molecule is CC(=O)Cl.CC(=O)Cl.CCc1ccccc1.c1ccccc1. The molecule has 0 saturated heterocycles. The molecule has 0 saturated carbocycles. The Morgan fingerprint density at radius 2 is 0.955 bits per heavy atom. The molecule has 2 rings (SSSR count). The topological polar surface area (TPSA) is 34.1 Å². The highest BCUT2D eigenvalue weighted by Gasteiger charge is 1.79. The van der Waals surface area contributed by atoms with E-state index in [0.29, 0.717) is 0 Å². The Hall–Kier alpha value is -1.64. The molecule has 4 heteroatoms. The number of halogens is 2. The van der Waals surface area contributed by atoms with Crippen molar-refractivity contribution in [1.29, 1.82) is 0 Å². The molecule has 0 bridgehead atoms. The molecule has 0 heterocycles. The van der Waals surface area contributed by atoms with Crippen LogP contribution < -0.4 is 0 Å². The summed E-state index contributed by atoms with van der Waals surface area (Å²) in [7, 11) is 0. The van der Waals surface area contributed by atoms with Crippen LogP contribution in [0.4, 0.5) is 0 Å². The molecule has 22 heavy (non-hydrogen) atoms. The van der Waals surface area contributed by atoms with E-state index >= 15 is 0 Å². The van der Waals surface area contributed by atoms with E-state index in [1.807, 2.05) is 42.5 Å². The van der Waals surface area contributed by atoms with Gasteiger partial charge in [0.15, 0.2) is 0 Å². The lowest BCUT2D eigenvalue weighted by molar-refractivity contribution is -0.110. The molecule has 0 aliphatic heterocycles. The Balaban J connectivity index is 0. The first-order chi connectivity index (χ1) is 10.4. The molecule has 2 aromatic rings. The molecule has 2 nitrogen and oxygen atoms in total. The van der Waals surface area contributed by atoms with E-state index in [-0.39, 0.29) is 10.5 Å². The largest absolute Gasteiger partial charge is 0.282 e. The van der Waals surface area contributed by atoms with Gasteiger partial charge in [0, 0.05) is 13.8 Å². The first-order valence-electron chi connectivity index (χ1n) is 6.76. The molecular formula is C18H22Cl2O2. The maximum absolute atomic E-state index is 9.21. The lowest BCUT2D eigenvalue weighted by Crippen LogP contribution is -1.73. The standard InChI is InChI=1S/C8H10.C6H6.2C2H3ClO/c1-2-8-6-4-3-5-7-8;1-2-4-6-5-3-1;2*1-2(3)4/h3-7H,2H2,1H3;1-6H;2*1H3. The number of carbonyl (C=O) groups is 2. The minimum Gasteiger partial charge on any atom is -0.282 e. The smallest absolute Gasteiger partial charge is 0.218 e. The summed E-state index contributed by atoms with van der Waals surface area (Å²) < 4.78 is 0. The van der Waals surface area contributed by atoms with Crippen LogP contribution in [0.15, 0.2) is 66.7 Å². The maximum Gasteiger partial charge on any atom is 0.218 e. The number of benzene rings is 2. The van der Waals surface area contributed by atoms with Crippen LogP contribution in [-0.4, -0.2) is 10.5 Å². The lowest BCUT2D eigenvalue weighted by Gasteiger charge is -1.89. The molecule has 0 atom stereocenters. The summed E-state index contributed by atoms with van der Waals surface area (Å²) in [5.74, 6) is 0. The van der Waals surface area contributed by atoms with Crippen LogP contribution in [0.3, 0.4) is 0 Å². The van der Waals surface area contributed by atoms with Gasteiger partial charge >= 0.3 is 0 Å². The van der Waals surface area contributed by atoms with Crippen molar-refractivity contribution in [2.45, 2.75) is 27.2 Å². The molecule has 0 fully saturated rings. The monoisotopic (exact) mass is 340 g/mol. The molecule has 0 amide bonds. The van der Waals surface area contributed by atoms with Crippen LogP contribution in [0, 0.1) is 0 Å². The summed E-state index contributed by atoms with van der Waals surface area (Å²) in [6.07, 6.45) is 1.14. The fourth-order valence-corrected chi connectivity index (χ4v) is 1.10. The lowest BCUT2D eigenvalue weighted by atomic mass is 10.2. The van der Waals surface area contributed by atoms with Gasteiger partial charge in [-0.1, -0.05) is 73.7 Å². The number of aryl methyl sites for hydroxylation is 1. The molecule has 120 valence electrons. The molecule has 0 aliphatic rings. The zero-order valence-electron chi connectivity index (χ0n) is 13.1. The van der Waals surface area contributed by atoms with Gasteiger partial charge in [0.2, 0.25) is 10.5 Å². The number of hydrogen-bond donors (Lipinski definition) is 0. The van der Waals surface area contributed by atoms with E-state index in [4.69, 9.17) is 0 Å². The van der Waals surface area contributed by atoms with Crippen molar-refractivity contribution in [3.63, 3.8) is 0 Å². The zero-order chi connectivity index (χ0) is 17.2. The van der Waals surface area contributed by atoms with Gasteiger partial charge in [-0.05, 0) is 35.2 Å². The van der Waals surface area contributed by atoms with Gasteiger partial charge in [0.05, 0.1) is 0 Å². The highest BCUT2D eigenvalue weighted by atomic mass is 35.5. The Bertz CT molecular complexity index is 438. The van der Waals surface area contributed by atoms with E-state index in [2.05, 4.69) is 54.4 Å². The highest BCUT2D eigenvalue weighted by molar-refractivity contribution is 6.63. The van der Waals surface area contributed by atoms with Gasteiger partial charge in [0.25, 0.3) is 0 Å². The molecule has 0 radical (unpaired) electrons. The van der Waals surface area contributed by atoms with Crippen LogP contribution in [0.5, 0.6) is 0 Å². The summed E-state index contributed by atoms with van der Waals surface area (Å²) in [6.45, 7) is 4.75. The van der Waals surface area contributed by atoms with E-state index < -0.39 is 0 Å². The average Bonchev–Trinajstić information content (AvgIpc) is 2.49. The maximum atomic E-state index is 9.21.